The van der Waals surface area contributed by atoms with Crippen molar-refractivity contribution in [2.75, 3.05) is 14.1 Å². The average molecular weight is 441 g/mol. The number of fused-ring (bicyclic) bond motifs is 2. The molecule has 4 rings (SSSR count). The molecule has 31 heavy (non-hydrogen) atoms. The maximum Gasteiger partial charge on any atom is 0.341 e. The van der Waals surface area contributed by atoms with Gasteiger partial charge in [-0.25, -0.2) is 22.5 Å². The molecule has 0 saturated heterocycles. The molecule has 0 radical (unpaired) electrons. The largest absolute Gasteiger partial charge is 0.454 e. The van der Waals surface area contributed by atoms with Crippen molar-refractivity contribution in [2.24, 2.45) is 0 Å². The lowest BCUT2D eigenvalue weighted by Crippen LogP contribution is -2.22. The molecule has 0 aliphatic rings. The predicted octanol–water partition coefficient (Wildman–Crippen LogP) is 3.45. The minimum atomic E-state index is -3.56. The minimum absolute atomic E-state index is 0.0178. The van der Waals surface area contributed by atoms with E-state index in [9.17, 15) is 13.2 Å². The molecule has 9 heteroatoms. The van der Waals surface area contributed by atoms with E-state index in [1.807, 2.05) is 42.7 Å². The number of hydrogen-bond donors (Lipinski definition) is 1. The van der Waals surface area contributed by atoms with E-state index in [1.54, 1.807) is 18.2 Å². The molecule has 0 amide bonds. The van der Waals surface area contributed by atoms with Gasteiger partial charge in [0.1, 0.15) is 12.4 Å². The molecule has 0 saturated carbocycles. The highest BCUT2D eigenvalue weighted by Gasteiger charge is 2.21. The van der Waals surface area contributed by atoms with Gasteiger partial charge in [0.2, 0.25) is 10.0 Å². The first kappa shape index (κ1) is 21.1. The summed E-state index contributed by atoms with van der Waals surface area (Å²) in [7, 11) is -0.589. The molecule has 0 unspecified atom stereocenters. The van der Waals surface area contributed by atoms with Crippen molar-refractivity contribution in [1.82, 2.24) is 18.8 Å². The minimum Gasteiger partial charge on any atom is -0.454 e. The van der Waals surface area contributed by atoms with E-state index >= 15 is 0 Å². The lowest BCUT2D eigenvalue weighted by atomic mass is 10.1. The van der Waals surface area contributed by atoms with Crippen molar-refractivity contribution in [3.63, 3.8) is 0 Å². The Kier molecular flexibility index (Phi) is 5.32. The number of benzene rings is 2. The van der Waals surface area contributed by atoms with Crippen molar-refractivity contribution in [1.29, 1.82) is 0 Å². The molecule has 0 fully saturated rings. The zero-order valence-electron chi connectivity index (χ0n) is 17.8. The second-order valence-electron chi connectivity index (χ2n) is 7.46. The van der Waals surface area contributed by atoms with Gasteiger partial charge in [-0.05, 0) is 38.1 Å². The van der Waals surface area contributed by atoms with Crippen LogP contribution in [-0.4, -0.2) is 47.3 Å². The number of hydrogen-bond acceptors (Lipinski definition) is 5. The van der Waals surface area contributed by atoms with Crippen LogP contribution >= 0.6 is 0 Å². The number of esters is 1. The number of nitrogens with zero attached hydrogens (tertiary/aromatic N) is 3. The number of carbonyl (C=O) groups excluding carboxylic acids is 1. The third-order valence-electron chi connectivity index (χ3n) is 5.32. The molecule has 2 aromatic carbocycles. The Hall–Kier alpha value is -3.17. The number of aryl methyl sites for hydroxylation is 2. The van der Waals surface area contributed by atoms with Crippen LogP contribution in [0.15, 0.2) is 47.4 Å². The topological polar surface area (TPSA) is 97.3 Å². The van der Waals surface area contributed by atoms with Gasteiger partial charge in [-0.3, -0.25) is 0 Å². The smallest absolute Gasteiger partial charge is 0.341 e. The van der Waals surface area contributed by atoms with Crippen LogP contribution in [0.25, 0.3) is 21.9 Å². The monoisotopic (exact) mass is 440 g/mol. The van der Waals surface area contributed by atoms with Crippen LogP contribution in [0.1, 0.15) is 28.8 Å². The van der Waals surface area contributed by atoms with Crippen LogP contribution in [0.5, 0.6) is 0 Å². The van der Waals surface area contributed by atoms with Gasteiger partial charge >= 0.3 is 5.97 Å². The highest BCUT2D eigenvalue weighted by atomic mass is 32.2. The summed E-state index contributed by atoms with van der Waals surface area (Å²) < 4.78 is 33.6. The molecule has 162 valence electrons. The Bertz CT molecular complexity index is 1400. The fourth-order valence-electron chi connectivity index (χ4n) is 3.74. The van der Waals surface area contributed by atoms with Gasteiger partial charge in [-0.1, -0.05) is 18.2 Å². The summed E-state index contributed by atoms with van der Waals surface area (Å²) in [4.78, 5) is 20.7. The molecule has 0 aliphatic carbocycles. The first-order valence-corrected chi connectivity index (χ1v) is 11.3. The Morgan fingerprint density at radius 2 is 1.94 bits per heavy atom. The Morgan fingerprint density at radius 1 is 1.19 bits per heavy atom. The summed E-state index contributed by atoms with van der Waals surface area (Å²) in [6, 6.07) is 12.4. The van der Waals surface area contributed by atoms with E-state index in [4.69, 9.17) is 4.74 Å². The van der Waals surface area contributed by atoms with E-state index < -0.39 is 16.0 Å². The molecule has 4 aromatic rings. The predicted molar refractivity (Wildman–Crippen MR) is 118 cm³/mol. The van der Waals surface area contributed by atoms with Crippen LogP contribution in [0.2, 0.25) is 0 Å². The van der Waals surface area contributed by atoms with E-state index in [0.29, 0.717) is 23.4 Å². The molecule has 0 atom stereocenters. The molecule has 1 N–H and O–H groups in total. The normalized spacial score (nSPS) is 12.2. The first-order chi connectivity index (χ1) is 14.7. The van der Waals surface area contributed by atoms with E-state index in [-0.39, 0.29) is 11.5 Å². The quantitative estimate of drug-likeness (QED) is 0.463. The van der Waals surface area contributed by atoms with Crippen LogP contribution < -0.4 is 0 Å². The molecule has 0 spiro atoms. The van der Waals surface area contributed by atoms with Gasteiger partial charge < -0.3 is 14.3 Å². The van der Waals surface area contributed by atoms with Gasteiger partial charge in [0, 0.05) is 37.2 Å². The number of rotatable bonds is 6. The van der Waals surface area contributed by atoms with E-state index in [2.05, 4.69) is 9.97 Å². The SMILES string of the molecule is CCn1c(COC(=O)c2c(C)[nH]c3ccccc23)nc2cc(S(=O)(=O)N(C)C)ccc21. The standard InChI is InChI=1S/C22H24N4O4S/c1-5-26-19-11-10-15(31(28,29)25(3)4)12-18(19)24-20(26)13-30-22(27)21-14(2)23-17-9-7-6-8-16(17)21/h6-12,23H,5,13H2,1-4H3. The Balaban J connectivity index is 1.65. The highest BCUT2D eigenvalue weighted by Crippen LogP contribution is 2.25. The van der Waals surface area contributed by atoms with Crippen LogP contribution in [0.3, 0.4) is 0 Å². The molecule has 2 aromatic heterocycles. The number of aromatic nitrogens is 3. The van der Waals surface area contributed by atoms with Crippen molar-refractivity contribution >= 4 is 37.9 Å². The van der Waals surface area contributed by atoms with Crippen LogP contribution in [0, 0.1) is 6.92 Å². The molecule has 8 nitrogen and oxygen atoms in total. The van der Waals surface area contributed by atoms with Gasteiger partial charge in [-0.15, -0.1) is 0 Å². The number of imidazole rings is 1. The number of nitrogens with one attached hydrogen (secondary N) is 1. The summed E-state index contributed by atoms with van der Waals surface area (Å²) in [6.07, 6.45) is 0. The Labute approximate surface area is 180 Å². The molecular formula is C22H24N4O4S. The average Bonchev–Trinajstić information content (AvgIpc) is 3.27. The van der Waals surface area contributed by atoms with Gasteiger partial charge in [0.25, 0.3) is 0 Å². The van der Waals surface area contributed by atoms with Gasteiger partial charge in [-0.2, -0.15) is 0 Å². The second kappa shape index (κ2) is 7.82. The Morgan fingerprint density at radius 3 is 2.65 bits per heavy atom. The maximum absolute atomic E-state index is 12.8. The molecule has 0 bridgehead atoms. The molecular weight excluding hydrogens is 416 g/mol. The highest BCUT2D eigenvalue weighted by molar-refractivity contribution is 7.89. The number of carbonyl (C=O) groups is 1. The van der Waals surface area contributed by atoms with E-state index in [1.165, 1.54) is 14.1 Å². The summed E-state index contributed by atoms with van der Waals surface area (Å²) in [5.41, 5.74) is 3.46. The number of ether oxygens (including phenoxy) is 1. The molecule has 0 aliphatic heterocycles. The zero-order valence-corrected chi connectivity index (χ0v) is 18.7. The third kappa shape index (κ3) is 3.60. The summed E-state index contributed by atoms with van der Waals surface area (Å²) in [5, 5.41) is 0.813. The summed E-state index contributed by atoms with van der Waals surface area (Å²) in [5.74, 6) is 0.128. The maximum atomic E-state index is 12.8. The lowest BCUT2D eigenvalue weighted by molar-refractivity contribution is 0.0460. The van der Waals surface area contributed by atoms with Crippen molar-refractivity contribution in [3.8, 4) is 0 Å². The van der Waals surface area contributed by atoms with Crippen LogP contribution in [-0.2, 0) is 27.9 Å². The fraction of sp³-hybridized carbons (Fsp3) is 0.273. The lowest BCUT2D eigenvalue weighted by Gasteiger charge is -2.11. The number of sulfonamides is 1. The van der Waals surface area contributed by atoms with E-state index in [0.717, 1.165) is 26.4 Å². The van der Waals surface area contributed by atoms with Crippen LogP contribution in [0.4, 0.5) is 0 Å². The van der Waals surface area contributed by atoms with Crippen molar-refractivity contribution in [3.05, 3.63) is 59.5 Å². The van der Waals surface area contributed by atoms with Gasteiger partial charge in [0.05, 0.1) is 21.5 Å². The molecule has 2 heterocycles. The van der Waals surface area contributed by atoms with Crippen molar-refractivity contribution in [2.45, 2.75) is 31.9 Å². The first-order valence-electron chi connectivity index (χ1n) is 9.90. The second-order valence-corrected chi connectivity index (χ2v) is 9.61. The third-order valence-corrected chi connectivity index (χ3v) is 7.13. The number of aromatic amines is 1. The number of H-pyrrole nitrogens is 1. The number of para-hydroxylation sites is 1. The van der Waals surface area contributed by atoms with Crippen molar-refractivity contribution < 1.29 is 17.9 Å². The fourth-order valence-corrected chi connectivity index (χ4v) is 4.66. The zero-order chi connectivity index (χ0) is 22.3. The summed E-state index contributed by atoms with van der Waals surface area (Å²) >= 11 is 0. The van der Waals surface area contributed by atoms with Gasteiger partial charge in [0.15, 0.2) is 0 Å². The summed E-state index contributed by atoms with van der Waals surface area (Å²) in [6.45, 7) is 4.39.